The maximum Gasteiger partial charge on any atom is 0.276 e. The van der Waals surface area contributed by atoms with Gasteiger partial charge in [-0.25, -0.2) is 8.78 Å². The number of hydrogen-bond donors (Lipinski definition) is 1. The quantitative estimate of drug-likeness (QED) is 0.436. The minimum atomic E-state index is -1.21. The lowest BCUT2D eigenvalue weighted by Gasteiger charge is -2.11. The fourth-order valence-corrected chi connectivity index (χ4v) is 2.62. The molecule has 0 saturated heterocycles. The van der Waals surface area contributed by atoms with E-state index in [0.29, 0.717) is 23.4 Å². The lowest BCUT2D eigenvalue weighted by molar-refractivity contribution is -0.385. The molecule has 10 heteroatoms. The first-order valence-corrected chi connectivity index (χ1v) is 7.98. The van der Waals surface area contributed by atoms with Crippen molar-refractivity contribution in [2.75, 3.05) is 20.8 Å². The van der Waals surface area contributed by atoms with Crippen LogP contribution in [0.15, 0.2) is 24.3 Å². The minimum absolute atomic E-state index is 0.00944. The predicted molar refractivity (Wildman–Crippen MR) is 93.6 cm³/mol. The molecule has 1 N–H and O–H groups in total. The van der Waals surface area contributed by atoms with Gasteiger partial charge in [-0.2, -0.15) is 0 Å². The molecule has 1 amide bonds. The molecule has 0 fully saturated rings. The summed E-state index contributed by atoms with van der Waals surface area (Å²) in [6.45, 7) is -0.00944. The smallest absolute Gasteiger partial charge is 0.276 e. The van der Waals surface area contributed by atoms with Crippen LogP contribution >= 0.6 is 11.6 Å². The summed E-state index contributed by atoms with van der Waals surface area (Å²) in [6, 6.07) is 4.05. The van der Waals surface area contributed by atoms with Crippen LogP contribution < -0.4 is 14.8 Å². The Morgan fingerprint density at radius 3 is 2.33 bits per heavy atom. The molecule has 0 aliphatic carbocycles. The summed E-state index contributed by atoms with van der Waals surface area (Å²) in [5.41, 5.74) is -0.139. The van der Waals surface area contributed by atoms with Gasteiger partial charge in [0.25, 0.3) is 11.6 Å². The normalized spacial score (nSPS) is 10.4. The van der Waals surface area contributed by atoms with Gasteiger partial charge in [-0.3, -0.25) is 14.9 Å². The summed E-state index contributed by atoms with van der Waals surface area (Å²) in [5, 5.41) is 13.5. The molecule has 2 aromatic rings. The van der Waals surface area contributed by atoms with Gasteiger partial charge in [-0.1, -0.05) is 11.6 Å². The zero-order valence-electron chi connectivity index (χ0n) is 14.3. The maximum atomic E-state index is 13.3. The highest BCUT2D eigenvalue weighted by atomic mass is 35.5. The molecular weight excluding hydrogens is 386 g/mol. The standard InChI is InChI=1S/C17H15ClF2N2O5/c1-26-15-5-9(14(22(24)25)8-16(15)27-2)3-4-21-17(23)10-6-12(19)13(20)7-11(10)18/h5-8H,3-4H2,1-2H3,(H,21,23). The first-order chi connectivity index (χ1) is 12.8. The number of amides is 1. The molecule has 27 heavy (non-hydrogen) atoms. The topological polar surface area (TPSA) is 90.7 Å². The van der Waals surface area contributed by atoms with E-state index in [2.05, 4.69) is 5.32 Å². The van der Waals surface area contributed by atoms with Gasteiger partial charge in [0.15, 0.2) is 23.1 Å². The van der Waals surface area contributed by atoms with Gasteiger partial charge in [-0.15, -0.1) is 0 Å². The number of nitrogens with one attached hydrogen (secondary N) is 1. The second-order valence-electron chi connectivity index (χ2n) is 5.35. The van der Waals surface area contributed by atoms with Crippen molar-refractivity contribution in [3.05, 3.63) is 62.2 Å². The zero-order chi connectivity index (χ0) is 20.1. The van der Waals surface area contributed by atoms with Crippen LogP contribution in [0.1, 0.15) is 15.9 Å². The molecule has 0 radical (unpaired) electrons. The third kappa shape index (κ3) is 4.62. The van der Waals surface area contributed by atoms with E-state index in [1.165, 1.54) is 26.4 Å². The summed E-state index contributed by atoms with van der Waals surface area (Å²) in [6.07, 6.45) is 0.0870. The van der Waals surface area contributed by atoms with Gasteiger partial charge in [0, 0.05) is 12.1 Å². The molecular formula is C17H15ClF2N2O5. The highest BCUT2D eigenvalue weighted by Gasteiger charge is 2.20. The summed E-state index contributed by atoms with van der Waals surface area (Å²) < 4.78 is 36.5. The first-order valence-electron chi connectivity index (χ1n) is 7.60. The van der Waals surface area contributed by atoms with Crippen molar-refractivity contribution < 1.29 is 28.0 Å². The monoisotopic (exact) mass is 400 g/mol. The van der Waals surface area contributed by atoms with Crippen LogP contribution in [0.3, 0.4) is 0 Å². The second-order valence-corrected chi connectivity index (χ2v) is 5.75. The van der Waals surface area contributed by atoms with E-state index in [1.807, 2.05) is 0 Å². The predicted octanol–water partition coefficient (Wildman–Crippen LogP) is 3.52. The molecule has 0 aliphatic rings. The third-order valence-corrected chi connectivity index (χ3v) is 4.03. The van der Waals surface area contributed by atoms with Crippen LogP contribution in [0.2, 0.25) is 5.02 Å². The second kappa shape index (κ2) is 8.63. The number of nitro groups is 1. The highest BCUT2D eigenvalue weighted by Crippen LogP contribution is 2.34. The zero-order valence-corrected chi connectivity index (χ0v) is 15.1. The van der Waals surface area contributed by atoms with Crippen LogP contribution in [0, 0.1) is 21.7 Å². The average molecular weight is 401 g/mol. The van der Waals surface area contributed by atoms with E-state index in [0.717, 1.165) is 0 Å². The van der Waals surface area contributed by atoms with Crippen molar-refractivity contribution in [2.45, 2.75) is 6.42 Å². The molecule has 0 spiro atoms. The lowest BCUT2D eigenvalue weighted by Crippen LogP contribution is -2.26. The maximum absolute atomic E-state index is 13.3. The van der Waals surface area contributed by atoms with Crippen LogP contribution in [-0.4, -0.2) is 31.6 Å². The van der Waals surface area contributed by atoms with E-state index >= 15 is 0 Å². The van der Waals surface area contributed by atoms with Crippen LogP contribution in [0.25, 0.3) is 0 Å². The van der Waals surface area contributed by atoms with Crippen molar-refractivity contribution in [1.29, 1.82) is 0 Å². The number of nitrogens with zero attached hydrogens (tertiary/aromatic N) is 1. The number of ether oxygens (including phenoxy) is 2. The van der Waals surface area contributed by atoms with Crippen molar-refractivity contribution in [3.63, 3.8) is 0 Å². The van der Waals surface area contributed by atoms with E-state index < -0.39 is 22.5 Å². The van der Waals surface area contributed by atoms with E-state index in [1.54, 1.807) is 0 Å². The Morgan fingerprint density at radius 1 is 1.15 bits per heavy atom. The SMILES string of the molecule is COc1cc(CCNC(=O)c2cc(F)c(F)cc2Cl)c([N+](=O)[O-])cc1OC. The van der Waals surface area contributed by atoms with Crippen molar-refractivity contribution in [1.82, 2.24) is 5.32 Å². The Morgan fingerprint density at radius 2 is 1.74 bits per heavy atom. The van der Waals surface area contributed by atoms with Gasteiger partial charge in [0.05, 0.1) is 35.8 Å². The fraction of sp³-hybridized carbons (Fsp3) is 0.235. The fourth-order valence-electron chi connectivity index (χ4n) is 2.38. The molecule has 7 nitrogen and oxygen atoms in total. The third-order valence-electron chi connectivity index (χ3n) is 3.72. The molecule has 0 unspecified atom stereocenters. The highest BCUT2D eigenvalue weighted by molar-refractivity contribution is 6.33. The Labute approximate surface area is 158 Å². The van der Waals surface area contributed by atoms with E-state index in [9.17, 15) is 23.7 Å². The van der Waals surface area contributed by atoms with Crippen molar-refractivity contribution in [2.24, 2.45) is 0 Å². The van der Waals surface area contributed by atoms with Crippen LogP contribution in [0.5, 0.6) is 11.5 Å². The van der Waals surface area contributed by atoms with Gasteiger partial charge < -0.3 is 14.8 Å². The summed E-state index contributed by atoms with van der Waals surface area (Å²) >= 11 is 5.74. The molecule has 0 saturated carbocycles. The Hall–Kier alpha value is -2.94. The van der Waals surface area contributed by atoms with Gasteiger partial charge >= 0.3 is 0 Å². The molecule has 0 aliphatic heterocycles. The molecule has 144 valence electrons. The average Bonchev–Trinajstić information content (AvgIpc) is 2.63. The minimum Gasteiger partial charge on any atom is -0.493 e. The molecule has 0 atom stereocenters. The first kappa shape index (κ1) is 20.4. The number of nitro benzene ring substituents is 1. The van der Waals surface area contributed by atoms with Crippen molar-refractivity contribution in [3.8, 4) is 11.5 Å². The summed E-state index contributed by atoms with van der Waals surface area (Å²) in [5.74, 6) is -2.61. The lowest BCUT2D eigenvalue weighted by atomic mass is 10.1. The van der Waals surface area contributed by atoms with Crippen molar-refractivity contribution >= 4 is 23.2 Å². The van der Waals surface area contributed by atoms with Gasteiger partial charge in [0.2, 0.25) is 0 Å². The number of carbonyl (C=O) groups is 1. The number of halogens is 3. The number of rotatable bonds is 7. The van der Waals surface area contributed by atoms with Gasteiger partial charge in [0.1, 0.15) is 0 Å². The van der Waals surface area contributed by atoms with E-state index in [-0.39, 0.29) is 35.0 Å². The number of carbonyl (C=O) groups excluding carboxylic acids is 1. The van der Waals surface area contributed by atoms with Gasteiger partial charge in [-0.05, 0) is 24.6 Å². The number of benzene rings is 2. The van der Waals surface area contributed by atoms with Crippen LogP contribution in [0.4, 0.5) is 14.5 Å². The molecule has 0 aromatic heterocycles. The van der Waals surface area contributed by atoms with E-state index in [4.69, 9.17) is 21.1 Å². The Balaban J connectivity index is 2.16. The largest absolute Gasteiger partial charge is 0.493 e. The molecule has 2 aromatic carbocycles. The number of methoxy groups -OCH3 is 2. The Bertz CT molecular complexity index is 892. The summed E-state index contributed by atoms with van der Waals surface area (Å²) in [7, 11) is 2.74. The number of hydrogen-bond acceptors (Lipinski definition) is 5. The Kier molecular flexibility index (Phi) is 6.51. The van der Waals surface area contributed by atoms with Crippen LogP contribution in [-0.2, 0) is 6.42 Å². The summed E-state index contributed by atoms with van der Waals surface area (Å²) in [4.78, 5) is 22.8. The molecule has 0 heterocycles. The molecule has 2 rings (SSSR count). The molecule has 0 bridgehead atoms.